The number of carbonyl (C=O) groups excluding carboxylic acids is 1. The summed E-state index contributed by atoms with van der Waals surface area (Å²) in [5.41, 5.74) is 0. The van der Waals surface area contributed by atoms with Crippen molar-refractivity contribution in [1.29, 1.82) is 0 Å². The summed E-state index contributed by atoms with van der Waals surface area (Å²) in [6.45, 7) is 3.22. The van der Waals surface area contributed by atoms with E-state index in [1.165, 1.54) is 0 Å². The maximum absolute atomic E-state index is 11.5. The Bertz CT molecular complexity index is 187. The van der Waals surface area contributed by atoms with Crippen molar-refractivity contribution in [2.45, 2.75) is 38.3 Å². The molecule has 0 aromatic carbocycles. The minimum Gasteiger partial charge on any atom is -0.352 e. The van der Waals surface area contributed by atoms with Crippen LogP contribution in [0.3, 0.4) is 0 Å². The molecule has 1 rings (SSSR count). The second kappa shape index (κ2) is 6.30. The van der Waals surface area contributed by atoms with Gasteiger partial charge in [0.15, 0.2) is 0 Å². The maximum Gasteiger partial charge on any atom is 0.221 e. The number of carbonyl (C=O) groups is 1. The summed E-state index contributed by atoms with van der Waals surface area (Å²) < 4.78 is 0. The summed E-state index contributed by atoms with van der Waals surface area (Å²) in [5.74, 6) is 1.11. The highest BCUT2D eigenvalue weighted by Crippen LogP contribution is 2.08. The minimum absolute atomic E-state index is 0.194. The minimum atomic E-state index is 0.194. The third-order valence-electron chi connectivity index (χ3n) is 2.64. The predicted octanol–water partition coefficient (Wildman–Crippen LogP) is 0.996. The molecule has 1 fully saturated rings. The Kier molecular flexibility index (Phi) is 5.33. The van der Waals surface area contributed by atoms with Crippen molar-refractivity contribution in [2.24, 2.45) is 0 Å². The Labute approximate surface area is 90.4 Å². The highest BCUT2D eigenvalue weighted by Gasteiger charge is 2.21. The first-order valence-electron chi connectivity index (χ1n) is 5.25. The van der Waals surface area contributed by atoms with Crippen molar-refractivity contribution < 1.29 is 4.79 Å². The highest BCUT2D eigenvalue weighted by molar-refractivity contribution is 7.98. The topological polar surface area (TPSA) is 41.1 Å². The molecule has 0 aromatic rings. The van der Waals surface area contributed by atoms with Gasteiger partial charge in [-0.05, 0) is 32.6 Å². The lowest BCUT2D eigenvalue weighted by molar-refractivity contribution is -0.121. The molecule has 1 aliphatic heterocycles. The molecule has 0 spiro atoms. The fourth-order valence-corrected chi connectivity index (χ4v) is 2.10. The van der Waals surface area contributed by atoms with Gasteiger partial charge in [0.05, 0.1) is 0 Å². The van der Waals surface area contributed by atoms with E-state index in [2.05, 4.69) is 17.6 Å². The number of nitrogens with one attached hydrogen (secondary N) is 2. The van der Waals surface area contributed by atoms with E-state index in [-0.39, 0.29) is 5.91 Å². The number of thioether (sulfide) groups is 1. The molecule has 1 amide bonds. The van der Waals surface area contributed by atoms with Crippen LogP contribution in [0.1, 0.15) is 26.2 Å². The lowest BCUT2D eigenvalue weighted by Crippen LogP contribution is -2.51. The molecular weight excluding hydrogens is 196 g/mol. The Hall–Kier alpha value is -0.220. The first-order chi connectivity index (χ1) is 6.74. The number of rotatable bonds is 4. The third kappa shape index (κ3) is 3.88. The maximum atomic E-state index is 11.5. The Morgan fingerprint density at radius 1 is 1.64 bits per heavy atom. The number of hydrogen-bond acceptors (Lipinski definition) is 3. The van der Waals surface area contributed by atoms with Crippen molar-refractivity contribution in [1.82, 2.24) is 10.6 Å². The van der Waals surface area contributed by atoms with Crippen molar-refractivity contribution in [3.63, 3.8) is 0 Å². The second-order valence-electron chi connectivity index (χ2n) is 3.80. The molecule has 4 heteroatoms. The fraction of sp³-hybridized carbons (Fsp3) is 0.900. The van der Waals surface area contributed by atoms with Gasteiger partial charge >= 0.3 is 0 Å². The predicted molar refractivity (Wildman–Crippen MR) is 61.6 cm³/mol. The highest BCUT2D eigenvalue weighted by atomic mass is 32.2. The molecule has 2 atom stereocenters. The van der Waals surface area contributed by atoms with Gasteiger partial charge in [0, 0.05) is 24.3 Å². The molecule has 1 saturated heterocycles. The van der Waals surface area contributed by atoms with Crippen LogP contribution in [0.4, 0.5) is 0 Å². The van der Waals surface area contributed by atoms with Gasteiger partial charge < -0.3 is 10.6 Å². The summed E-state index contributed by atoms with van der Waals surface area (Å²) in [4.78, 5) is 11.5. The molecule has 82 valence electrons. The van der Waals surface area contributed by atoms with Gasteiger partial charge in [0.25, 0.3) is 0 Å². The molecule has 14 heavy (non-hydrogen) atoms. The van der Waals surface area contributed by atoms with Gasteiger partial charge in [0.1, 0.15) is 0 Å². The van der Waals surface area contributed by atoms with Gasteiger partial charge in [0.2, 0.25) is 5.91 Å². The molecule has 0 bridgehead atoms. The van der Waals surface area contributed by atoms with E-state index in [0.717, 1.165) is 25.1 Å². The molecule has 3 nitrogen and oxygen atoms in total. The SMILES string of the molecule is CSCCC(=O)NC1CCCNC1C. The van der Waals surface area contributed by atoms with E-state index in [0.29, 0.717) is 18.5 Å². The fourth-order valence-electron chi connectivity index (χ4n) is 1.71. The van der Waals surface area contributed by atoms with E-state index in [1.807, 2.05) is 6.26 Å². The first-order valence-corrected chi connectivity index (χ1v) is 6.65. The van der Waals surface area contributed by atoms with Gasteiger partial charge in [-0.25, -0.2) is 0 Å². The van der Waals surface area contributed by atoms with Gasteiger partial charge in [-0.15, -0.1) is 0 Å². The standard InChI is InChI=1S/C10H20N2OS/c1-8-9(4-3-6-11-8)12-10(13)5-7-14-2/h8-9,11H,3-7H2,1-2H3,(H,12,13). The summed E-state index contributed by atoms with van der Waals surface area (Å²) in [5, 5.41) is 6.46. The summed E-state index contributed by atoms with van der Waals surface area (Å²) in [6, 6.07) is 0.750. The lowest BCUT2D eigenvalue weighted by Gasteiger charge is -2.30. The smallest absolute Gasteiger partial charge is 0.221 e. The van der Waals surface area contributed by atoms with Crippen molar-refractivity contribution >= 4 is 17.7 Å². The van der Waals surface area contributed by atoms with Crippen molar-refractivity contribution in [2.75, 3.05) is 18.6 Å². The van der Waals surface area contributed by atoms with Crippen molar-refractivity contribution in [3.05, 3.63) is 0 Å². The van der Waals surface area contributed by atoms with Crippen LogP contribution in [0.15, 0.2) is 0 Å². The zero-order valence-electron chi connectivity index (χ0n) is 9.01. The van der Waals surface area contributed by atoms with Gasteiger partial charge in [-0.2, -0.15) is 11.8 Å². The van der Waals surface area contributed by atoms with Crippen LogP contribution in [0, 0.1) is 0 Å². The number of hydrogen-bond donors (Lipinski definition) is 2. The molecule has 0 saturated carbocycles. The molecule has 0 aliphatic carbocycles. The number of amides is 1. The van der Waals surface area contributed by atoms with Crippen molar-refractivity contribution in [3.8, 4) is 0 Å². The van der Waals surface area contributed by atoms with Crippen LogP contribution in [0.2, 0.25) is 0 Å². The zero-order chi connectivity index (χ0) is 10.4. The first kappa shape index (κ1) is 11.9. The van der Waals surface area contributed by atoms with Gasteiger partial charge in [-0.1, -0.05) is 0 Å². The summed E-state index contributed by atoms with van der Waals surface area (Å²) in [6.07, 6.45) is 4.94. The quantitative estimate of drug-likeness (QED) is 0.736. The van der Waals surface area contributed by atoms with Crippen LogP contribution >= 0.6 is 11.8 Å². The van der Waals surface area contributed by atoms with E-state index in [4.69, 9.17) is 0 Å². The monoisotopic (exact) mass is 216 g/mol. The molecule has 2 unspecified atom stereocenters. The Morgan fingerprint density at radius 3 is 3.07 bits per heavy atom. The molecular formula is C10H20N2OS. The lowest BCUT2D eigenvalue weighted by atomic mass is 10.00. The van der Waals surface area contributed by atoms with E-state index >= 15 is 0 Å². The largest absolute Gasteiger partial charge is 0.352 e. The van der Waals surface area contributed by atoms with Crippen LogP contribution in [-0.4, -0.2) is 36.5 Å². The summed E-state index contributed by atoms with van der Waals surface area (Å²) in [7, 11) is 0. The van der Waals surface area contributed by atoms with Crippen LogP contribution in [0.5, 0.6) is 0 Å². The van der Waals surface area contributed by atoms with Crippen LogP contribution in [0.25, 0.3) is 0 Å². The molecule has 1 heterocycles. The Morgan fingerprint density at radius 2 is 2.43 bits per heavy atom. The molecule has 0 radical (unpaired) electrons. The van der Waals surface area contributed by atoms with E-state index in [1.54, 1.807) is 11.8 Å². The molecule has 2 N–H and O–H groups in total. The zero-order valence-corrected chi connectivity index (χ0v) is 9.82. The average Bonchev–Trinajstić information content (AvgIpc) is 2.18. The Balaban J connectivity index is 2.23. The van der Waals surface area contributed by atoms with Crippen LogP contribution in [-0.2, 0) is 4.79 Å². The van der Waals surface area contributed by atoms with Crippen LogP contribution < -0.4 is 10.6 Å². The number of piperidine rings is 1. The summed E-state index contributed by atoms with van der Waals surface area (Å²) >= 11 is 1.72. The van der Waals surface area contributed by atoms with E-state index in [9.17, 15) is 4.79 Å². The van der Waals surface area contributed by atoms with Gasteiger partial charge in [-0.3, -0.25) is 4.79 Å². The second-order valence-corrected chi connectivity index (χ2v) is 4.79. The molecule has 1 aliphatic rings. The van der Waals surface area contributed by atoms with E-state index < -0.39 is 0 Å². The third-order valence-corrected chi connectivity index (χ3v) is 3.25. The molecule has 0 aromatic heterocycles. The average molecular weight is 216 g/mol. The normalized spacial score (nSPS) is 27.3.